The smallest absolute Gasteiger partial charge is 0.406 e. The number of hydrogen-bond donors (Lipinski definition) is 1. The molecule has 1 N–H and O–H groups in total. The Balaban J connectivity index is 1.88. The fraction of sp³-hybridized carbons (Fsp3) is 0.571. The summed E-state index contributed by atoms with van der Waals surface area (Å²) in [5.41, 5.74) is 0.661. The van der Waals surface area contributed by atoms with Crippen LogP contribution in [0.2, 0.25) is 0 Å². The van der Waals surface area contributed by atoms with E-state index < -0.39 is 6.36 Å². The largest absolute Gasteiger partial charge is 0.573 e. The van der Waals surface area contributed by atoms with E-state index in [-0.39, 0.29) is 17.8 Å². The van der Waals surface area contributed by atoms with Crippen LogP contribution in [0.25, 0.3) is 0 Å². The van der Waals surface area contributed by atoms with E-state index in [2.05, 4.69) is 4.74 Å². The highest BCUT2D eigenvalue weighted by molar-refractivity contribution is 5.27. The second-order valence-corrected chi connectivity index (χ2v) is 5.51. The van der Waals surface area contributed by atoms with Gasteiger partial charge in [0.05, 0.1) is 25.2 Å². The van der Waals surface area contributed by atoms with Crippen LogP contribution in [0.5, 0.6) is 5.75 Å². The lowest BCUT2D eigenvalue weighted by molar-refractivity contribution is -0.274. The van der Waals surface area contributed by atoms with Gasteiger partial charge in [0.25, 0.3) is 0 Å². The van der Waals surface area contributed by atoms with Crippen LogP contribution in [-0.4, -0.2) is 49.8 Å². The number of aliphatic hydroxyl groups is 1. The molecule has 1 aliphatic rings. The highest BCUT2D eigenvalue weighted by atomic mass is 19.4. The molecule has 0 radical (unpaired) electrons. The lowest BCUT2D eigenvalue weighted by Gasteiger charge is -2.42. The molecule has 0 aliphatic carbocycles. The van der Waals surface area contributed by atoms with Crippen molar-refractivity contribution in [3.05, 3.63) is 29.8 Å². The van der Waals surface area contributed by atoms with Gasteiger partial charge in [-0.05, 0) is 24.7 Å². The molecule has 1 fully saturated rings. The third-order valence-electron chi connectivity index (χ3n) is 3.37. The van der Waals surface area contributed by atoms with Crippen LogP contribution in [-0.2, 0) is 11.3 Å². The van der Waals surface area contributed by atoms with Gasteiger partial charge in [-0.3, -0.25) is 0 Å². The van der Waals surface area contributed by atoms with Crippen molar-refractivity contribution in [2.24, 2.45) is 5.41 Å². The average Bonchev–Trinajstić information content (AvgIpc) is 2.34. The molecule has 118 valence electrons. The minimum Gasteiger partial charge on any atom is -0.406 e. The molecule has 0 spiro atoms. The normalized spacial score (nSPS) is 17.6. The molecule has 0 saturated carbocycles. The molecule has 21 heavy (non-hydrogen) atoms. The van der Waals surface area contributed by atoms with Crippen molar-refractivity contribution in [2.45, 2.75) is 12.9 Å². The van der Waals surface area contributed by atoms with Gasteiger partial charge in [-0.1, -0.05) is 12.1 Å². The van der Waals surface area contributed by atoms with Gasteiger partial charge in [-0.15, -0.1) is 13.2 Å². The molecule has 1 aromatic rings. The first kappa shape index (κ1) is 16.1. The van der Waals surface area contributed by atoms with Crippen molar-refractivity contribution in [3.63, 3.8) is 0 Å². The molecule has 0 bridgehead atoms. The Morgan fingerprint density at radius 1 is 1.29 bits per heavy atom. The molecule has 0 amide bonds. The molecule has 0 aromatic heterocycles. The van der Waals surface area contributed by atoms with Gasteiger partial charge >= 0.3 is 6.36 Å². The summed E-state index contributed by atoms with van der Waals surface area (Å²) < 4.78 is 45.1. The van der Waals surface area contributed by atoms with Crippen molar-refractivity contribution in [3.8, 4) is 5.75 Å². The van der Waals surface area contributed by atoms with Crippen LogP contribution in [0.4, 0.5) is 13.2 Å². The first-order valence-corrected chi connectivity index (χ1v) is 6.54. The number of ether oxygens (including phenoxy) is 2. The highest BCUT2D eigenvalue weighted by Crippen LogP contribution is 2.28. The maximum atomic E-state index is 12.1. The summed E-state index contributed by atoms with van der Waals surface area (Å²) in [7, 11) is 1.90. The zero-order valence-corrected chi connectivity index (χ0v) is 11.7. The summed E-state index contributed by atoms with van der Waals surface area (Å²) >= 11 is 0. The number of nitrogens with zero attached hydrogens (tertiary/aromatic N) is 1. The Morgan fingerprint density at radius 3 is 2.33 bits per heavy atom. The van der Waals surface area contributed by atoms with Gasteiger partial charge in [-0.25, -0.2) is 0 Å². The number of alkyl halides is 3. The van der Waals surface area contributed by atoms with Gasteiger partial charge < -0.3 is 19.5 Å². The predicted octanol–water partition coefficient (Wildman–Crippen LogP) is 2.03. The van der Waals surface area contributed by atoms with Crippen LogP contribution in [0.1, 0.15) is 5.56 Å². The van der Waals surface area contributed by atoms with E-state index in [1.165, 1.54) is 12.1 Å². The van der Waals surface area contributed by atoms with E-state index in [9.17, 15) is 18.3 Å². The van der Waals surface area contributed by atoms with Crippen molar-refractivity contribution >= 4 is 0 Å². The van der Waals surface area contributed by atoms with E-state index in [0.717, 1.165) is 5.56 Å². The topological polar surface area (TPSA) is 41.9 Å². The Hall–Kier alpha value is -1.31. The Kier molecular flexibility index (Phi) is 4.75. The molecule has 1 saturated heterocycles. The maximum Gasteiger partial charge on any atom is 0.573 e. The van der Waals surface area contributed by atoms with Crippen molar-refractivity contribution in [2.75, 3.05) is 33.4 Å². The van der Waals surface area contributed by atoms with Crippen molar-refractivity contribution in [1.29, 1.82) is 0 Å². The van der Waals surface area contributed by atoms with E-state index in [1.54, 1.807) is 12.1 Å². The fourth-order valence-electron chi connectivity index (χ4n) is 2.36. The van der Waals surface area contributed by atoms with Gasteiger partial charge in [0.1, 0.15) is 5.75 Å². The Labute approximate surface area is 121 Å². The first-order valence-electron chi connectivity index (χ1n) is 6.54. The van der Waals surface area contributed by atoms with Gasteiger partial charge in [-0.2, -0.15) is 0 Å². The molecule has 0 unspecified atom stereocenters. The standard InChI is InChI=1S/C14H18F3NO3/c1-18(7-13(8-19)9-20-10-13)6-11-2-4-12(5-3-11)21-14(15,16)17/h2-5,19H,6-10H2,1H3. The maximum absolute atomic E-state index is 12.1. The van der Waals surface area contributed by atoms with Crippen LogP contribution in [0.15, 0.2) is 24.3 Å². The van der Waals surface area contributed by atoms with E-state index >= 15 is 0 Å². The van der Waals surface area contributed by atoms with Crippen molar-refractivity contribution in [1.82, 2.24) is 4.90 Å². The van der Waals surface area contributed by atoms with Crippen LogP contribution < -0.4 is 4.74 Å². The molecular weight excluding hydrogens is 287 g/mol. The van der Waals surface area contributed by atoms with Crippen LogP contribution in [0.3, 0.4) is 0 Å². The zero-order valence-electron chi connectivity index (χ0n) is 11.7. The molecule has 0 atom stereocenters. The second-order valence-electron chi connectivity index (χ2n) is 5.51. The number of hydrogen-bond acceptors (Lipinski definition) is 4. The Bertz CT molecular complexity index is 452. The monoisotopic (exact) mass is 305 g/mol. The molecule has 7 heteroatoms. The number of halogens is 3. The van der Waals surface area contributed by atoms with E-state index in [1.807, 2.05) is 11.9 Å². The minimum absolute atomic E-state index is 0.0652. The Morgan fingerprint density at radius 2 is 1.90 bits per heavy atom. The lowest BCUT2D eigenvalue weighted by Crippen LogP contribution is -2.52. The fourth-order valence-corrected chi connectivity index (χ4v) is 2.36. The zero-order chi connectivity index (χ0) is 15.5. The molecule has 4 nitrogen and oxygen atoms in total. The summed E-state index contributed by atoms with van der Waals surface area (Å²) in [4.78, 5) is 2.01. The van der Waals surface area contributed by atoms with Crippen LogP contribution in [0, 0.1) is 5.41 Å². The summed E-state index contributed by atoms with van der Waals surface area (Å²) in [6.45, 7) is 2.38. The van der Waals surface area contributed by atoms with E-state index in [0.29, 0.717) is 26.3 Å². The molecule has 1 aromatic carbocycles. The second kappa shape index (κ2) is 6.21. The minimum atomic E-state index is -4.67. The third-order valence-corrected chi connectivity index (χ3v) is 3.37. The summed E-state index contributed by atoms with van der Waals surface area (Å²) in [5.74, 6) is -0.229. The predicted molar refractivity (Wildman–Crippen MR) is 69.8 cm³/mol. The average molecular weight is 305 g/mol. The van der Waals surface area contributed by atoms with Crippen LogP contribution >= 0.6 is 0 Å². The number of benzene rings is 1. The summed E-state index contributed by atoms with van der Waals surface area (Å²) in [5, 5.41) is 9.37. The van der Waals surface area contributed by atoms with Crippen molar-refractivity contribution < 1.29 is 27.8 Å². The number of rotatable bonds is 6. The van der Waals surface area contributed by atoms with E-state index in [4.69, 9.17) is 4.74 Å². The van der Waals surface area contributed by atoms with Gasteiger partial charge in [0.15, 0.2) is 0 Å². The van der Waals surface area contributed by atoms with Gasteiger partial charge in [0.2, 0.25) is 0 Å². The lowest BCUT2D eigenvalue weighted by atomic mass is 9.86. The van der Waals surface area contributed by atoms with Gasteiger partial charge in [0, 0.05) is 13.1 Å². The molecule has 1 aliphatic heterocycles. The third kappa shape index (κ3) is 4.59. The molecular formula is C14H18F3NO3. The quantitative estimate of drug-likeness (QED) is 0.873. The SMILES string of the molecule is CN(Cc1ccc(OC(F)(F)F)cc1)CC1(CO)COC1. The molecule has 1 heterocycles. The summed E-state index contributed by atoms with van der Waals surface area (Å²) in [6, 6.07) is 5.79. The first-order chi connectivity index (χ1) is 9.82. The molecule has 2 rings (SSSR count). The number of aliphatic hydroxyl groups excluding tert-OH is 1. The highest BCUT2D eigenvalue weighted by Gasteiger charge is 2.38. The summed E-state index contributed by atoms with van der Waals surface area (Å²) in [6.07, 6.45) is -4.67.